The van der Waals surface area contributed by atoms with Crippen molar-refractivity contribution in [2.75, 3.05) is 20.3 Å². The number of carbonyl (C=O) groups is 2. The third-order valence-electron chi connectivity index (χ3n) is 5.64. The number of aliphatic hydroxyl groups excluding tert-OH is 8. The van der Waals surface area contributed by atoms with Gasteiger partial charge < -0.3 is 70.0 Å². The Morgan fingerprint density at radius 1 is 0.909 bits per heavy atom. The molecule has 0 radical (unpaired) electrons. The van der Waals surface area contributed by atoms with Crippen molar-refractivity contribution in [1.82, 2.24) is 0 Å². The van der Waals surface area contributed by atoms with Crippen molar-refractivity contribution in [3.63, 3.8) is 0 Å². The van der Waals surface area contributed by atoms with E-state index < -0.39 is 98.1 Å². The Balaban J connectivity index is 2.52. The number of ether oxygens (including phenoxy) is 4. The van der Waals surface area contributed by atoms with Gasteiger partial charge in [-0.1, -0.05) is 0 Å². The van der Waals surface area contributed by atoms with Crippen LogP contribution in [0.2, 0.25) is 0 Å². The molecule has 2 aliphatic heterocycles. The molecule has 2 fully saturated rings. The van der Waals surface area contributed by atoms with Crippen molar-refractivity contribution in [3.8, 4) is 0 Å². The van der Waals surface area contributed by atoms with Crippen LogP contribution in [-0.4, -0.2) is 150 Å². The summed E-state index contributed by atoms with van der Waals surface area (Å²) in [6.45, 7) is -2.08. The van der Waals surface area contributed by atoms with Crippen LogP contribution >= 0.6 is 0 Å². The molecule has 0 aromatic heterocycles. The van der Waals surface area contributed by atoms with Crippen molar-refractivity contribution in [1.29, 1.82) is 0 Å². The summed E-state index contributed by atoms with van der Waals surface area (Å²) in [5, 5.41) is 98.7. The lowest BCUT2D eigenvalue weighted by Crippen LogP contribution is -2.73. The van der Waals surface area contributed by atoms with Gasteiger partial charge in [0.15, 0.2) is 0 Å². The molecule has 10 N–H and O–H groups in total. The zero-order valence-electron chi connectivity index (χ0n) is 17.2. The summed E-state index contributed by atoms with van der Waals surface area (Å²) in [5.74, 6) is -9.83. The molecule has 0 bridgehead atoms. The summed E-state index contributed by atoms with van der Waals surface area (Å²) in [5.41, 5.74) is 0. The lowest BCUT2D eigenvalue weighted by Gasteiger charge is -2.50. The SMILES string of the molecule is CO[C@]1(C(=O)O)C[C@@H](O[C@@]2(C(=O)O)O[C@H]([C@H](O)CO)[C@H](O)[C@H](O)[C@@H]2O)[C@@H](O)[C@@H]([C@H](O)CO)O1. The van der Waals surface area contributed by atoms with Crippen molar-refractivity contribution in [2.45, 2.75) is 72.9 Å². The highest BCUT2D eigenvalue weighted by atomic mass is 16.8. The van der Waals surface area contributed by atoms with Crippen LogP contribution in [0.25, 0.3) is 0 Å². The minimum Gasteiger partial charge on any atom is -0.477 e. The predicted octanol–water partition coefficient (Wildman–Crippen LogP) is -6.08. The van der Waals surface area contributed by atoms with E-state index in [4.69, 9.17) is 24.1 Å². The third kappa shape index (κ3) is 4.83. The number of carboxylic acids is 2. The summed E-state index contributed by atoms with van der Waals surface area (Å²) < 4.78 is 20.3. The molecule has 0 spiro atoms. The molecule has 16 heteroatoms. The maximum atomic E-state index is 12.1. The van der Waals surface area contributed by atoms with Gasteiger partial charge in [0.1, 0.15) is 48.8 Å². The van der Waals surface area contributed by atoms with Crippen LogP contribution in [0.15, 0.2) is 0 Å². The largest absolute Gasteiger partial charge is 0.477 e. The number of hydrogen-bond donors (Lipinski definition) is 10. The van der Waals surface area contributed by atoms with Gasteiger partial charge in [0.25, 0.3) is 11.6 Å². The fraction of sp³-hybridized carbons (Fsp3) is 0.882. The zero-order valence-corrected chi connectivity index (χ0v) is 17.2. The van der Waals surface area contributed by atoms with Gasteiger partial charge in [-0.25, -0.2) is 9.59 Å². The molecular formula is C17H28O16. The van der Waals surface area contributed by atoms with Crippen LogP contribution in [0.5, 0.6) is 0 Å². The van der Waals surface area contributed by atoms with Crippen molar-refractivity contribution in [3.05, 3.63) is 0 Å². The molecular weight excluding hydrogens is 460 g/mol. The molecule has 0 unspecified atom stereocenters. The Morgan fingerprint density at radius 3 is 1.85 bits per heavy atom. The quantitative estimate of drug-likeness (QED) is 0.144. The summed E-state index contributed by atoms with van der Waals surface area (Å²) in [6, 6.07) is 0. The Labute approximate surface area is 185 Å². The lowest BCUT2D eigenvalue weighted by atomic mass is 9.88. The van der Waals surface area contributed by atoms with Crippen LogP contribution in [0, 0.1) is 0 Å². The number of carboxylic acid groups (broad SMARTS) is 2. The van der Waals surface area contributed by atoms with E-state index in [-0.39, 0.29) is 0 Å². The fourth-order valence-corrected chi connectivity index (χ4v) is 3.72. The van der Waals surface area contributed by atoms with E-state index in [2.05, 4.69) is 0 Å². The first kappa shape index (κ1) is 27.7. The Kier molecular flexibility index (Phi) is 8.72. The summed E-state index contributed by atoms with van der Waals surface area (Å²) >= 11 is 0. The summed E-state index contributed by atoms with van der Waals surface area (Å²) in [7, 11) is 0.887. The molecule has 0 aromatic rings. The number of aliphatic carboxylic acids is 2. The number of aliphatic hydroxyl groups is 8. The molecule has 0 aromatic carbocycles. The molecule has 16 nitrogen and oxygen atoms in total. The fourth-order valence-electron chi connectivity index (χ4n) is 3.72. The van der Waals surface area contributed by atoms with Gasteiger partial charge in [-0.05, 0) is 0 Å². The highest BCUT2D eigenvalue weighted by molar-refractivity contribution is 5.77. The van der Waals surface area contributed by atoms with Crippen LogP contribution in [0.4, 0.5) is 0 Å². The van der Waals surface area contributed by atoms with Crippen molar-refractivity contribution in [2.24, 2.45) is 0 Å². The molecule has 0 saturated carbocycles. The molecule has 2 aliphatic rings. The van der Waals surface area contributed by atoms with Crippen molar-refractivity contribution >= 4 is 11.9 Å². The Morgan fingerprint density at radius 2 is 1.42 bits per heavy atom. The normalized spacial score (nSPS) is 43.6. The molecule has 2 saturated heterocycles. The average Bonchev–Trinajstić information content (AvgIpc) is 2.79. The molecule has 11 atom stereocenters. The highest BCUT2D eigenvalue weighted by Crippen LogP contribution is 2.40. The van der Waals surface area contributed by atoms with E-state index in [1.807, 2.05) is 0 Å². The summed E-state index contributed by atoms with van der Waals surface area (Å²) in [4.78, 5) is 23.9. The first-order chi connectivity index (χ1) is 15.3. The van der Waals surface area contributed by atoms with Gasteiger partial charge in [0.05, 0.1) is 19.3 Å². The van der Waals surface area contributed by atoms with Gasteiger partial charge in [-0.3, -0.25) is 0 Å². The first-order valence-corrected chi connectivity index (χ1v) is 9.67. The molecule has 2 rings (SSSR count). The van der Waals surface area contributed by atoms with E-state index in [1.54, 1.807) is 0 Å². The van der Waals surface area contributed by atoms with E-state index in [0.717, 1.165) is 7.11 Å². The second-order valence-corrected chi connectivity index (χ2v) is 7.68. The van der Waals surface area contributed by atoms with Crippen LogP contribution in [0.1, 0.15) is 6.42 Å². The van der Waals surface area contributed by atoms with E-state index in [0.29, 0.717) is 0 Å². The molecule has 0 aliphatic carbocycles. The smallest absolute Gasteiger partial charge is 0.367 e. The van der Waals surface area contributed by atoms with Gasteiger partial charge in [0, 0.05) is 13.5 Å². The minimum atomic E-state index is -3.31. The maximum absolute atomic E-state index is 12.1. The van der Waals surface area contributed by atoms with Crippen LogP contribution in [-0.2, 0) is 28.5 Å². The molecule has 0 amide bonds. The molecule has 33 heavy (non-hydrogen) atoms. The topological polar surface area (TPSA) is 273 Å². The van der Waals surface area contributed by atoms with E-state index in [1.165, 1.54) is 0 Å². The van der Waals surface area contributed by atoms with Crippen LogP contribution < -0.4 is 0 Å². The Hall–Kier alpha value is -1.54. The number of hydrogen-bond acceptors (Lipinski definition) is 14. The maximum Gasteiger partial charge on any atom is 0.367 e. The van der Waals surface area contributed by atoms with Crippen LogP contribution in [0.3, 0.4) is 0 Å². The zero-order chi connectivity index (χ0) is 25.3. The molecule has 2 heterocycles. The van der Waals surface area contributed by atoms with E-state index in [9.17, 15) is 55.5 Å². The second-order valence-electron chi connectivity index (χ2n) is 7.68. The molecule has 192 valence electrons. The lowest BCUT2D eigenvalue weighted by molar-refractivity contribution is -0.393. The minimum absolute atomic E-state index is 0.887. The van der Waals surface area contributed by atoms with Gasteiger partial charge in [0.2, 0.25) is 0 Å². The predicted molar refractivity (Wildman–Crippen MR) is 97.2 cm³/mol. The van der Waals surface area contributed by atoms with Gasteiger partial charge in [-0.2, -0.15) is 0 Å². The summed E-state index contributed by atoms with van der Waals surface area (Å²) in [6.07, 6.45) is -19.6. The number of rotatable bonds is 9. The van der Waals surface area contributed by atoms with E-state index >= 15 is 0 Å². The standard InChI is InChI=1S/C17H28O16/c1-30-16(14(26)27)2-7(8(22)11(32-16)5(20)3-18)31-17(15(28)29)13(25)10(24)9(23)12(33-17)6(21)4-19/h5-13,18-25H,2-4H2,1H3,(H,26,27)(H,28,29)/t5-,6-,7-,8-,9-,10+,11-,12-,13+,16-,17-/m1/s1. The average molecular weight is 488 g/mol. The second kappa shape index (κ2) is 10.4. The number of methoxy groups -OCH3 is 1. The Bertz CT molecular complexity index is 705. The highest BCUT2D eigenvalue weighted by Gasteiger charge is 2.64. The van der Waals surface area contributed by atoms with Gasteiger partial charge in [-0.15, -0.1) is 0 Å². The third-order valence-corrected chi connectivity index (χ3v) is 5.64. The van der Waals surface area contributed by atoms with Gasteiger partial charge >= 0.3 is 11.9 Å². The first-order valence-electron chi connectivity index (χ1n) is 9.67. The monoisotopic (exact) mass is 488 g/mol. The van der Waals surface area contributed by atoms with Crippen molar-refractivity contribution < 1.29 is 79.6 Å².